The number of fused-ring (bicyclic) bond motifs is 1. The molecule has 0 unspecified atom stereocenters. The molecule has 1 aromatic heterocycles. The quantitative estimate of drug-likeness (QED) is 0.840. The Morgan fingerprint density at radius 3 is 2.60 bits per heavy atom. The van der Waals surface area contributed by atoms with Crippen molar-refractivity contribution in [2.45, 2.75) is 54.5 Å². The van der Waals surface area contributed by atoms with E-state index in [4.69, 9.17) is 9.97 Å². The fraction of sp³-hybridized carbons (Fsp3) is 0.500. The Kier molecular flexibility index (Phi) is 5.22. The summed E-state index contributed by atoms with van der Waals surface area (Å²) in [6, 6.07) is 11.1. The largest absolute Gasteiger partial charge is 0.351 e. The number of anilines is 1. The van der Waals surface area contributed by atoms with Gasteiger partial charge in [0.2, 0.25) is 5.95 Å². The Balaban J connectivity index is 1.58. The van der Waals surface area contributed by atoms with Gasteiger partial charge in [-0.15, -0.1) is 0 Å². The SMILES string of the molecule is CN1CCC(Nc2nc3c(c(Sc4ccccc4)n2)CCCC3)CC1. The lowest BCUT2D eigenvalue weighted by Gasteiger charge is -2.30. The average molecular weight is 355 g/mol. The number of aryl methyl sites for hydroxylation is 1. The van der Waals surface area contributed by atoms with Crippen LogP contribution in [0.1, 0.15) is 36.9 Å². The van der Waals surface area contributed by atoms with Gasteiger partial charge in [-0.1, -0.05) is 30.0 Å². The molecule has 132 valence electrons. The maximum absolute atomic E-state index is 4.92. The lowest BCUT2D eigenvalue weighted by Crippen LogP contribution is -2.37. The molecule has 4 nitrogen and oxygen atoms in total. The number of aromatic nitrogens is 2. The highest BCUT2D eigenvalue weighted by Gasteiger charge is 2.21. The fourth-order valence-corrected chi connectivity index (χ4v) is 4.64. The zero-order chi connectivity index (χ0) is 17.1. The minimum absolute atomic E-state index is 0.493. The van der Waals surface area contributed by atoms with Crippen LogP contribution in [0.5, 0.6) is 0 Å². The van der Waals surface area contributed by atoms with E-state index in [1.807, 2.05) is 0 Å². The Hall–Kier alpha value is -1.59. The first-order valence-corrected chi connectivity index (χ1v) is 10.2. The van der Waals surface area contributed by atoms with Gasteiger partial charge in [0, 0.05) is 16.5 Å². The van der Waals surface area contributed by atoms with E-state index in [9.17, 15) is 0 Å². The molecule has 4 rings (SSSR count). The molecule has 0 bridgehead atoms. The summed E-state index contributed by atoms with van der Waals surface area (Å²) in [7, 11) is 2.19. The molecule has 0 saturated carbocycles. The second kappa shape index (κ2) is 7.75. The van der Waals surface area contributed by atoms with Crippen molar-refractivity contribution in [3.8, 4) is 0 Å². The van der Waals surface area contributed by atoms with Crippen LogP contribution in [0.4, 0.5) is 5.95 Å². The molecule has 1 aliphatic heterocycles. The monoisotopic (exact) mass is 354 g/mol. The van der Waals surface area contributed by atoms with Gasteiger partial charge >= 0.3 is 0 Å². The molecule has 1 aromatic carbocycles. The summed E-state index contributed by atoms with van der Waals surface area (Å²) < 4.78 is 0. The molecule has 2 aromatic rings. The molecule has 0 spiro atoms. The summed E-state index contributed by atoms with van der Waals surface area (Å²) in [5.74, 6) is 0.827. The molecule has 25 heavy (non-hydrogen) atoms. The molecule has 0 radical (unpaired) electrons. The summed E-state index contributed by atoms with van der Waals surface area (Å²) in [5.41, 5.74) is 2.63. The Labute approximate surface area is 154 Å². The second-order valence-corrected chi connectivity index (χ2v) is 8.18. The molecule has 1 N–H and O–H groups in total. The number of benzene rings is 1. The van der Waals surface area contributed by atoms with Crippen LogP contribution in [0.3, 0.4) is 0 Å². The number of hydrogen-bond donors (Lipinski definition) is 1. The molecule has 2 heterocycles. The summed E-state index contributed by atoms with van der Waals surface area (Å²) in [5, 5.41) is 4.76. The number of hydrogen-bond acceptors (Lipinski definition) is 5. The van der Waals surface area contributed by atoms with Crippen LogP contribution in [0, 0.1) is 0 Å². The average Bonchev–Trinajstić information content (AvgIpc) is 2.65. The number of rotatable bonds is 4. The van der Waals surface area contributed by atoms with Gasteiger partial charge in [-0.25, -0.2) is 9.97 Å². The predicted molar refractivity (Wildman–Crippen MR) is 103 cm³/mol. The second-order valence-electron chi connectivity index (χ2n) is 7.12. The van der Waals surface area contributed by atoms with E-state index >= 15 is 0 Å². The molecule has 5 heteroatoms. The third-order valence-electron chi connectivity index (χ3n) is 5.15. The molecule has 2 aliphatic rings. The van der Waals surface area contributed by atoms with Crippen LogP contribution in [0.2, 0.25) is 0 Å². The predicted octanol–water partition coefficient (Wildman–Crippen LogP) is 4.01. The molecule has 1 aliphatic carbocycles. The van der Waals surface area contributed by atoms with Gasteiger partial charge in [0.25, 0.3) is 0 Å². The van der Waals surface area contributed by atoms with Crippen molar-refractivity contribution in [1.82, 2.24) is 14.9 Å². The minimum atomic E-state index is 0.493. The van der Waals surface area contributed by atoms with Gasteiger partial charge in [0.15, 0.2) is 0 Å². The number of piperidine rings is 1. The van der Waals surface area contributed by atoms with E-state index in [0.717, 1.165) is 49.7 Å². The summed E-state index contributed by atoms with van der Waals surface area (Å²) >= 11 is 1.78. The molecule has 1 fully saturated rings. The summed E-state index contributed by atoms with van der Waals surface area (Å²) in [6.45, 7) is 2.29. The first-order valence-electron chi connectivity index (χ1n) is 9.36. The van der Waals surface area contributed by atoms with Gasteiger partial charge in [0.05, 0.1) is 5.69 Å². The first kappa shape index (κ1) is 16.9. The summed E-state index contributed by atoms with van der Waals surface area (Å²) in [6.07, 6.45) is 7.02. The van der Waals surface area contributed by atoms with Crippen LogP contribution in [0.25, 0.3) is 0 Å². The van der Waals surface area contributed by atoms with Gasteiger partial charge in [0.1, 0.15) is 5.03 Å². The van der Waals surface area contributed by atoms with E-state index in [0.29, 0.717) is 6.04 Å². The summed E-state index contributed by atoms with van der Waals surface area (Å²) in [4.78, 5) is 13.4. The lowest BCUT2D eigenvalue weighted by molar-refractivity contribution is 0.263. The van der Waals surface area contributed by atoms with Crippen molar-refractivity contribution >= 4 is 17.7 Å². The molecule has 1 saturated heterocycles. The van der Waals surface area contributed by atoms with Gasteiger partial charge in [-0.2, -0.15) is 0 Å². The fourth-order valence-electron chi connectivity index (χ4n) is 3.64. The highest BCUT2D eigenvalue weighted by molar-refractivity contribution is 7.99. The van der Waals surface area contributed by atoms with Crippen LogP contribution >= 0.6 is 11.8 Å². The third-order valence-corrected chi connectivity index (χ3v) is 6.19. The van der Waals surface area contributed by atoms with Crippen molar-refractivity contribution in [2.24, 2.45) is 0 Å². The molecule has 0 amide bonds. The van der Waals surface area contributed by atoms with E-state index < -0.39 is 0 Å². The van der Waals surface area contributed by atoms with Crippen LogP contribution in [-0.2, 0) is 12.8 Å². The Bertz CT molecular complexity index is 711. The first-order chi connectivity index (χ1) is 12.3. The Morgan fingerprint density at radius 2 is 1.80 bits per heavy atom. The minimum Gasteiger partial charge on any atom is -0.351 e. The lowest BCUT2D eigenvalue weighted by atomic mass is 9.97. The van der Waals surface area contributed by atoms with Crippen molar-refractivity contribution in [3.05, 3.63) is 41.6 Å². The highest BCUT2D eigenvalue weighted by atomic mass is 32.2. The van der Waals surface area contributed by atoms with Crippen molar-refractivity contribution in [3.63, 3.8) is 0 Å². The maximum atomic E-state index is 4.92. The Morgan fingerprint density at radius 1 is 1.04 bits per heavy atom. The highest BCUT2D eigenvalue weighted by Crippen LogP contribution is 2.34. The van der Waals surface area contributed by atoms with Crippen LogP contribution in [-0.4, -0.2) is 41.0 Å². The van der Waals surface area contributed by atoms with E-state index in [1.54, 1.807) is 11.8 Å². The van der Waals surface area contributed by atoms with Crippen LogP contribution in [0.15, 0.2) is 40.3 Å². The van der Waals surface area contributed by atoms with Gasteiger partial charge in [-0.3, -0.25) is 0 Å². The van der Waals surface area contributed by atoms with E-state index in [1.165, 1.54) is 29.0 Å². The van der Waals surface area contributed by atoms with E-state index in [2.05, 4.69) is 47.6 Å². The number of nitrogens with one attached hydrogen (secondary N) is 1. The zero-order valence-corrected chi connectivity index (χ0v) is 15.7. The van der Waals surface area contributed by atoms with Crippen molar-refractivity contribution in [2.75, 3.05) is 25.5 Å². The smallest absolute Gasteiger partial charge is 0.224 e. The molecular formula is C20H26N4S. The van der Waals surface area contributed by atoms with E-state index in [-0.39, 0.29) is 0 Å². The number of likely N-dealkylation sites (tertiary alicyclic amines) is 1. The van der Waals surface area contributed by atoms with Gasteiger partial charge < -0.3 is 10.2 Å². The van der Waals surface area contributed by atoms with Crippen molar-refractivity contribution in [1.29, 1.82) is 0 Å². The van der Waals surface area contributed by atoms with Crippen LogP contribution < -0.4 is 5.32 Å². The molecular weight excluding hydrogens is 328 g/mol. The van der Waals surface area contributed by atoms with Crippen molar-refractivity contribution < 1.29 is 0 Å². The van der Waals surface area contributed by atoms with Gasteiger partial charge in [-0.05, 0) is 70.8 Å². The topological polar surface area (TPSA) is 41.0 Å². The normalized spacial score (nSPS) is 18.8. The zero-order valence-electron chi connectivity index (χ0n) is 14.9. The maximum Gasteiger partial charge on any atom is 0.224 e. The number of nitrogens with zero attached hydrogens (tertiary/aromatic N) is 3. The molecule has 0 atom stereocenters. The third kappa shape index (κ3) is 4.15. The standard InChI is InChI=1S/C20H26N4S/c1-24-13-11-15(12-14-24)21-20-22-18-10-6-5-9-17(18)19(23-20)25-16-7-3-2-4-8-16/h2-4,7-8,15H,5-6,9-14H2,1H3,(H,21,22,23).